The first-order valence-electron chi connectivity index (χ1n) is 8.88. The van der Waals surface area contributed by atoms with Crippen molar-refractivity contribution in [3.8, 4) is 0 Å². The molecule has 0 atom stereocenters. The number of hydrogen-bond acceptors (Lipinski definition) is 7. The van der Waals surface area contributed by atoms with Crippen molar-refractivity contribution in [2.24, 2.45) is 7.05 Å². The average molecular weight is 404 g/mol. The predicted octanol–water partition coefficient (Wildman–Crippen LogP) is 3.00. The van der Waals surface area contributed by atoms with Crippen molar-refractivity contribution < 1.29 is 5.11 Å². The molecule has 0 unspecified atom stereocenters. The van der Waals surface area contributed by atoms with Gasteiger partial charge in [0, 0.05) is 43.1 Å². The van der Waals surface area contributed by atoms with Gasteiger partial charge in [-0.15, -0.1) is 11.3 Å². The Labute approximate surface area is 168 Å². The number of thiophene rings is 1. The third-order valence-electron chi connectivity index (χ3n) is 3.93. The van der Waals surface area contributed by atoms with Crippen LogP contribution in [0.5, 0.6) is 0 Å². The summed E-state index contributed by atoms with van der Waals surface area (Å²) in [6.45, 7) is 2.49. The van der Waals surface area contributed by atoms with Crippen LogP contribution in [0.3, 0.4) is 0 Å². The third-order valence-corrected chi connectivity index (χ3v) is 5.94. The highest BCUT2D eigenvalue weighted by Gasteiger charge is 2.05. The molecule has 3 N–H and O–H groups in total. The normalized spacial score (nSPS) is 11.0. The minimum atomic E-state index is -0.134. The summed E-state index contributed by atoms with van der Waals surface area (Å²) in [5, 5.41) is 22.2. The maximum atomic E-state index is 9.05. The molecule has 0 fully saturated rings. The molecule has 8 heteroatoms. The minimum Gasteiger partial charge on any atom is -0.388 e. The van der Waals surface area contributed by atoms with E-state index in [4.69, 9.17) is 5.11 Å². The zero-order valence-corrected chi connectivity index (χ0v) is 17.0. The Bertz CT molecular complexity index is 819. The molecule has 6 nitrogen and oxygen atoms in total. The number of aryl methyl sites for hydroxylation is 1. The van der Waals surface area contributed by atoms with E-state index in [-0.39, 0.29) is 6.61 Å². The molecule has 0 spiro atoms. The molecule has 0 radical (unpaired) electrons. The smallest absolute Gasteiger partial charge is 0.221 e. The molecule has 0 amide bonds. The Hall–Kier alpha value is -1.87. The molecule has 2 heterocycles. The maximum Gasteiger partial charge on any atom is 0.221 e. The highest BCUT2D eigenvalue weighted by molar-refractivity contribution is 7.98. The average Bonchev–Trinajstić information content (AvgIpc) is 3.29. The Kier molecular flexibility index (Phi) is 7.70. The van der Waals surface area contributed by atoms with E-state index in [0.29, 0.717) is 11.8 Å². The molecular weight excluding hydrogens is 378 g/mol. The van der Waals surface area contributed by atoms with Gasteiger partial charge in [-0.25, -0.2) is 4.68 Å². The van der Waals surface area contributed by atoms with E-state index in [1.165, 1.54) is 16.0 Å². The highest BCUT2D eigenvalue weighted by atomic mass is 32.2. The third kappa shape index (κ3) is 6.35. The van der Waals surface area contributed by atoms with Gasteiger partial charge in [0.1, 0.15) is 6.61 Å². The van der Waals surface area contributed by atoms with E-state index in [1.54, 1.807) is 4.68 Å². The van der Waals surface area contributed by atoms with Gasteiger partial charge in [0.2, 0.25) is 5.95 Å². The van der Waals surface area contributed by atoms with E-state index >= 15 is 0 Å². The molecule has 27 heavy (non-hydrogen) atoms. The maximum absolute atomic E-state index is 9.05. The van der Waals surface area contributed by atoms with Gasteiger partial charge in [0.15, 0.2) is 5.82 Å². The van der Waals surface area contributed by atoms with Crippen LogP contribution in [-0.2, 0) is 32.5 Å². The van der Waals surface area contributed by atoms with Gasteiger partial charge in [-0.1, -0.05) is 30.3 Å². The molecule has 0 saturated carbocycles. The van der Waals surface area contributed by atoms with Crippen molar-refractivity contribution in [2.75, 3.05) is 17.6 Å². The van der Waals surface area contributed by atoms with Crippen LogP contribution in [0.2, 0.25) is 0 Å². The second kappa shape index (κ2) is 10.5. The number of aromatic nitrogens is 3. The second-order valence-corrected chi connectivity index (χ2v) is 8.22. The van der Waals surface area contributed by atoms with Gasteiger partial charge < -0.3 is 15.7 Å². The van der Waals surface area contributed by atoms with Crippen LogP contribution in [0.15, 0.2) is 41.8 Å². The number of aliphatic hydroxyl groups excluding tert-OH is 1. The van der Waals surface area contributed by atoms with Gasteiger partial charge in [-0.2, -0.15) is 21.8 Å². The van der Waals surface area contributed by atoms with Crippen molar-refractivity contribution in [3.05, 3.63) is 63.6 Å². The Morgan fingerprint density at radius 2 is 2.04 bits per heavy atom. The fourth-order valence-corrected chi connectivity index (χ4v) is 4.36. The van der Waals surface area contributed by atoms with E-state index < -0.39 is 0 Å². The van der Waals surface area contributed by atoms with Crippen LogP contribution in [-0.4, -0.2) is 32.2 Å². The highest BCUT2D eigenvalue weighted by Crippen LogP contribution is 2.20. The Morgan fingerprint density at radius 1 is 1.19 bits per heavy atom. The molecule has 3 rings (SSSR count). The SMILES string of the molecule is Cn1nc(CO)nc1NCCSCc1csc(CNCc2ccccc2)c1. The van der Waals surface area contributed by atoms with Crippen LogP contribution in [0, 0.1) is 0 Å². The minimum absolute atomic E-state index is 0.134. The van der Waals surface area contributed by atoms with Crippen molar-refractivity contribution in [2.45, 2.75) is 25.4 Å². The van der Waals surface area contributed by atoms with Crippen LogP contribution >= 0.6 is 23.1 Å². The van der Waals surface area contributed by atoms with Crippen LogP contribution in [0.25, 0.3) is 0 Å². The van der Waals surface area contributed by atoms with Gasteiger partial charge in [0.05, 0.1) is 0 Å². The van der Waals surface area contributed by atoms with Crippen LogP contribution in [0.4, 0.5) is 5.95 Å². The molecule has 2 aromatic heterocycles. The summed E-state index contributed by atoms with van der Waals surface area (Å²) in [6.07, 6.45) is 0. The van der Waals surface area contributed by atoms with E-state index in [0.717, 1.165) is 31.1 Å². The summed E-state index contributed by atoms with van der Waals surface area (Å²) in [6, 6.07) is 12.8. The van der Waals surface area contributed by atoms with Crippen LogP contribution < -0.4 is 10.6 Å². The molecule has 0 aliphatic rings. The number of rotatable bonds is 11. The molecule has 0 aliphatic heterocycles. The first-order chi connectivity index (χ1) is 13.2. The van der Waals surface area contributed by atoms with Gasteiger partial charge >= 0.3 is 0 Å². The number of nitrogens with zero attached hydrogens (tertiary/aromatic N) is 3. The number of anilines is 1. The van der Waals surface area contributed by atoms with E-state index in [1.807, 2.05) is 36.2 Å². The summed E-state index contributed by atoms with van der Waals surface area (Å²) < 4.78 is 1.66. The number of nitrogens with one attached hydrogen (secondary N) is 2. The lowest BCUT2D eigenvalue weighted by atomic mass is 10.2. The first-order valence-corrected chi connectivity index (χ1v) is 10.9. The zero-order chi connectivity index (χ0) is 18.9. The summed E-state index contributed by atoms with van der Waals surface area (Å²) in [5.41, 5.74) is 2.69. The standard InChI is InChI=1S/C19H25N5OS2/c1-24-19(22-18(12-25)23-24)21-7-8-26-13-16-9-17(27-14-16)11-20-10-15-5-3-2-4-6-15/h2-6,9,14,20,25H,7-8,10-13H2,1H3,(H,21,22,23). The molecule has 144 valence electrons. The second-order valence-electron chi connectivity index (χ2n) is 6.12. The first kappa shape index (κ1) is 19.9. The van der Waals surface area contributed by atoms with Gasteiger partial charge in [-0.3, -0.25) is 0 Å². The van der Waals surface area contributed by atoms with Gasteiger partial charge in [-0.05, 0) is 22.6 Å². The zero-order valence-electron chi connectivity index (χ0n) is 15.4. The predicted molar refractivity (Wildman–Crippen MR) is 113 cm³/mol. The molecule has 0 saturated heterocycles. The summed E-state index contributed by atoms with van der Waals surface area (Å²) in [5.74, 6) is 3.14. The summed E-state index contributed by atoms with van der Waals surface area (Å²) in [7, 11) is 1.82. The van der Waals surface area contributed by atoms with Crippen LogP contribution in [0.1, 0.15) is 21.8 Å². The van der Waals surface area contributed by atoms with Crippen molar-refractivity contribution in [1.29, 1.82) is 0 Å². The van der Waals surface area contributed by atoms with Crippen molar-refractivity contribution in [3.63, 3.8) is 0 Å². The fourth-order valence-electron chi connectivity index (χ4n) is 2.60. The number of aliphatic hydroxyl groups is 1. The van der Waals surface area contributed by atoms with E-state index in [2.05, 4.69) is 56.4 Å². The number of thioether (sulfide) groups is 1. The Morgan fingerprint density at radius 3 is 2.81 bits per heavy atom. The molecular formula is C19H25N5OS2. The summed E-state index contributed by atoms with van der Waals surface area (Å²) in [4.78, 5) is 5.58. The van der Waals surface area contributed by atoms with Gasteiger partial charge in [0.25, 0.3) is 0 Å². The summed E-state index contributed by atoms with van der Waals surface area (Å²) >= 11 is 3.71. The quantitative estimate of drug-likeness (QED) is 0.428. The number of benzene rings is 1. The lowest BCUT2D eigenvalue weighted by molar-refractivity contribution is 0.271. The molecule has 0 aliphatic carbocycles. The molecule has 1 aromatic carbocycles. The lowest BCUT2D eigenvalue weighted by Crippen LogP contribution is -2.11. The van der Waals surface area contributed by atoms with Crippen molar-refractivity contribution in [1.82, 2.24) is 20.1 Å². The lowest BCUT2D eigenvalue weighted by Gasteiger charge is -2.04. The topological polar surface area (TPSA) is 75.0 Å². The fraction of sp³-hybridized carbons (Fsp3) is 0.368. The van der Waals surface area contributed by atoms with Crippen molar-refractivity contribution >= 4 is 29.0 Å². The largest absolute Gasteiger partial charge is 0.388 e. The monoisotopic (exact) mass is 403 g/mol. The van der Waals surface area contributed by atoms with E-state index in [9.17, 15) is 0 Å². The molecule has 0 bridgehead atoms. The Balaban J connectivity index is 1.31. The number of hydrogen-bond donors (Lipinski definition) is 3. The molecule has 3 aromatic rings.